The lowest BCUT2D eigenvalue weighted by Crippen LogP contribution is -2.40. The van der Waals surface area contributed by atoms with E-state index in [2.05, 4.69) is 118 Å². The molecule has 39 heavy (non-hydrogen) atoms. The minimum atomic E-state index is -0.185. The Labute approximate surface area is 234 Å². The van der Waals surface area contributed by atoms with E-state index < -0.39 is 0 Å². The van der Waals surface area contributed by atoms with E-state index in [9.17, 15) is 0 Å². The minimum absolute atomic E-state index is 0.140. The van der Waals surface area contributed by atoms with E-state index in [1.54, 1.807) is 0 Å². The summed E-state index contributed by atoms with van der Waals surface area (Å²) in [6.45, 7) is 8.05. The van der Waals surface area contributed by atoms with E-state index in [4.69, 9.17) is 9.47 Å². The highest BCUT2D eigenvalue weighted by Gasteiger charge is 2.52. The Kier molecular flexibility index (Phi) is 6.73. The largest absolute Gasteiger partial charge is 0.385 e. The summed E-state index contributed by atoms with van der Waals surface area (Å²) in [4.78, 5) is 0. The molecule has 0 heterocycles. The number of methoxy groups -OCH3 is 1. The number of fused-ring (bicyclic) bond motifs is 6. The van der Waals surface area contributed by atoms with Crippen molar-refractivity contribution in [2.24, 2.45) is 0 Å². The van der Waals surface area contributed by atoms with Gasteiger partial charge in [0.15, 0.2) is 0 Å². The van der Waals surface area contributed by atoms with Gasteiger partial charge in [-0.05, 0) is 84.0 Å². The average Bonchev–Trinajstić information content (AvgIpc) is 3.40. The van der Waals surface area contributed by atoms with Crippen molar-refractivity contribution in [3.8, 4) is 22.3 Å². The summed E-state index contributed by atoms with van der Waals surface area (Å²) in [7, 11) is 1.83. The lowest BCUT2D eigenvalue weighted by molar-refractivity contribution is -0.0272. The second-order valence-electron chi connectivity index (χ2n) is 12.0. The normalized spacial score (nSPS) is 15.9. The van der Waals surface area contributed by atoms with E-state index in [0.717, 1.165) is 25.7 Å². The highest BCUT2D eigenvalue weighted by atomic mass is 16.5. The molecular formula is C37H40O2. The molecule has 2 aliphatic rings. The van der Waals surface area contributed by atoms with Crippen LogP contribution >= 0.6 is 0 Å². The summed E-state index contributed by atoms with van der Waals surface area (Å²) >= 11 is 0. The Bertz CT molecular complexity index is 1390. The Morgan fingerprint density at radius 1 is 0.564 bits per heavy atom. The molecule has 0 aromatic heterocycles. The van der Waals surface area contributed by atoms with Crippen LogP contribution in [0.4, 0.5) is 0 Å². The number of hydrogen-bond acceptors (Lipinski definition) is 2. The fraction of sp³-hybridized carbons (Fsp3) is 0.351. The van der Waals surface area contributed by atoms with Gasteiger partial charge in [-0.2, -0.15) is 0 Å². The molecule has 0 N–H and O–H groups in total. The second-order valence-corrected chi connectivity index (χ2v) is 12.0. The summed E-state index contributed by atoms with van der Waals surface area (Å²) in [5, 5.41) is 0. The maximum absolute atomic E-state index is 6.59. The first-order chi connectivity index (χ1) is 19.0. The molecule has 2 heteroatoms. The minimum Gasteiger partial charge on any atom is -0.385 e. The first kappa shape index (κ1) is 26.0. The third-order valence-electron chi connectivity index (χ3n) is 9.56. The zero-order chi connectivity index (χ0) is 27.1. The first-order valence-electron chi connectivity index (χ1n) is 14.5. The highest BCUT2D eigenvalue weighted by molar-refractivity contribution is 5.84. The molecule has 6 rings (SSSR count). The predicted molar refractivity (Wildman–Crippen MR) is 161 cm³/mol. The van der Waals surface area contributed by atoms with Crippen molar-refractivity contribution in [3.05, 3.63) is 119 Å². The molecule has 0 saturated carbocycles. The molecule has 0 bridgehead atoms. The maximum Gasteiger partial charge on any atom is 0.0623 e. The van der Waals surface area contributed by atoms with Gasteiger partial charge in [0.25, 0.3) is 0 Å². The van der Waals surface area contributed by atoms with Gasteiger partial charge in [-0.25, -0.2) is 0 Å². The zero-order valence-corrected chi connectivity index (χ0v) is 23.8. The Balaban J connectivity index is 1.58. The molecule has 0 saturated heterocycles. The molecule has 4 aromatic carbocycles. The molecule has 0 unspecified atom stereocenters. The molecule has 2 aliphatic carbocycles. The highest BCUT2D eigenvalue weighted by Crippen LogP contribution is 2.61. The molecule has 0 radical (unpaired) electrons. The topological polar surface area (TPSA) is 18.5 Å². The van der Waals surface area contributed by atoms with Gasteiger partial charge >= 0.3 is 0 Å². The second kappa shape index (κ2) is 10.1. The molecule has 0 atom stereocenters. The van der Waals surface area contributed by atoms with Gasteiger partial charge in [-0.15, -0.1) is 0 Å². The van der Waals surface area contributed by atoms with Crippen LogP contribution in [0.15, 0.2) is 97.1 Å². The Hall–Kier alpha value is -3.20. The summed E-state index contributed by atoms with van der Waals surface area (Å²) in [6, 6.07) is 36.3. The van der Waals surface area contributed by atoms with Crippen molar-refractivity contribution in [1.29, 1.82) is 0 Å². The van der Waals surface area contributed by atoms with E-state index in [1.807, 2.05) is 7.11 Å². The van der Waals surface area contributed by atoms with Crippen LogP contribution in [0.5, 0.6) is 0 Å². The average molecular weight is 517 g/mol. The fourth-order valence-corrected chi connectivity index (χ4v) is 7.32. The monoisotopic (exact) mass is 516 g/mol. The van der Waals surface area contributed by atoms with E-state index in [-0.39, 0.29) is 16.4 Å². The smallest absolute Gasteiger partial charge is 0.0623 e. The Morgan fingerprint density at radius 2 is 0.923 bits per heavy atom. The van der Waals surface area contributed by atoms with Crippen LogP contribution in [0.25, 0.3) is 22.3 Å². The van der Waals surface area contributed by atoms with Gasteiger partial charge in [0.1, 0.15) is 0 Å². The summed E-state index contributed by atoms with van der Waals surface area (Å²) < 4.78 is 12.4. The summed E-state index contributed by atoms with van der Waals surface area (Å²) in [5.74, 6) is 0. The van der Waals surface area contributed by atoms with Crippen LogP contribution in [0.3, 0.4) is 0 Å². The lowest BCUT2D eigenvalue weighted by Gasteiger charge is -2.43. The zero-order valence-electron chi connectivity index (χ0n) is 23.8. The fourth-order valence-electron chi connectivity index (χ4n) is 7.32. The predicted octanol–water partition coefficient (Wildman–Crippen LogP) is 8.94. The van der Waals surface area contributed by atoms with Gasteiger partial charge in [0, 0.05) is 31.2 Å². The molecule has 0 spiro atoms. The number of ether oxygens (including phenoxy) is 2. The molecular weight excluding hydrogens is 476 g/mol. The molecule has 0 fully saturated rings. The molecule has 0 aliphatic heterocycles. The van der Waals surface area contributed by atoms with Crippen molar-refractivity contribution in [1.82, 2.24) is 0 Å². The van der Waals surface area contributed by atoms with Crippen LogP contribution in [0, 0.1) is 0 Å². The van der Waals surface area contributed by atoms with Gasteiger partial charge in [-0.3, -0.25) is 0 Å². The number of hydrogen-bond donors (Lipinski definition) is 0. The van der Waals surface area contributed by atoms with Gasteiger partial charge < -0.3 is 9.47 Å². The van der Waals surface area contributed by atoms with Crippen LogP contribution in [0.2, 0.25) is 0 Å². The maximum atomic E-state index is 6.59. The number of rotatable bonds is 10. The SMILES string of the molecule is CCC(C)(C)OCCC1(CC2(CCOC)c3ccccc3-c3ccccc32)c2ccccc2-c2ccccc21. The number of benzene rings is 4. The molecule has 200 valence electrons. The van der Waals surface area contributed by atoms with E-state index >= 15 is 0 Å². The quantitative estimate of drug-likeness (QED) is 0.209. The van der Waals surface area contributed by atoms with Gasteiger partial charge in [0.2, 0.25) is 0 Å². The van der Waals surface area contributed by atoms with Crippen molar-refractivity contribution >= 4 is 0 Å². The first-order valence-corrected chi connectivity index (χ1v) is 14.5. The summed E-state index contributed by atoms with van der Waals surface area (Å²) in [5.41, 5.74) is 10.7. The van der Waals surface area contributed by atoms with Crippen LogP contribution < -0.4 is 0 Å². The van der Waals surface area contributed by atoms with Crippen molar-refractivity contribution in [2.75, 3.05) is 20.3 Å². The standard InChI is InChI=1S/C37H40O2/c1-5-35(2,3)39-25-23-37(33-20-12-8-16-29(33)30-17-9-13-21-34(30)37)26-36(22-24-38-4)31-18-10-6-14-27(31)28-15-7-11-19-32(28)36/h6-21H,5,22-26H2,1-4H3. The van der Waals surface area contributed by atoms with Gasteiger partial charge in [-0.1, -0.05) is 104 Å². The molecule has 2 nitrogen and oxygen atoms in total. The van der Waals surface area contributed by atoms with Crippen LogP contribution in [0.1, 0.15) is 68.7 Å². The van der Waals surface area contributed by atoms with E-state index in [0.29, 0.717) is 13.2 Å². The molecule has 0 amide bonds. The van der Waals surface area contributed by atoms with Crippen LogP contribution in [-0.2, 0) is 20.3 Å². The van der Waals surface area contributed by atoms with Crippen molar-refractivity contribution in [2.45, 2.75) is 62.9 Å². The third kappa shape index (κ3) is 4.17. The van der Waals surface area contributed by atoms with Gasteiger partial charge in [0.05, 0.1) is 5.60 Å². The van der Waals surface area contributed by atoms with E-state index in [1.165, 1.54) is 44.5 Å². The van der Waals surface area contributed by atoms with Crippen molar-refractivity contribution in [3.63, 3.8) is 0 Å². The molecule has 4 aromatic rings. The third-order valence-corrected chi connectivity index (χ3v) is 9.56. The Morgan fingerprint density at radius 3 is 1.28 bits per heavy atom. The van der Waals surface area contributed by atoms with Crippen molar-refractivity contribution < 1.29 is 9.47 Å². The lowest BCUT2D eigenvalue weighted by atomic mass is 9.60. The summed E-state index contributed by atoms with van der Waals surface area (Å²) in [6.07, 6.45) is 3.83. The van der Waals surface area contributed by atoms with Crippen LogP contribution in [-0.4, -0.2) is 25.9 Å².